The summed E-state index contributed by atoms with van der Waals surface area (Å²) in [5.74, 6) is -1.24. The average Bonchev–Trinajstić information content (AvgIpc) is 3.35. The molecule has 10 nitrogen and oxygen atoms in total. The van der Waals surface area contributed by atoms with Crippen molar-refractivity contribution >= 4 is 29.4 Å². The van der Waals surface area contributed by atoms with Gasteiger partial charge < -0.3 is 31.4 Å². The van der Waals surface area contributed by atoms with Crippen molar-refractivity contribution in [2.24, 2.45) is 17.4 Å². The third kappa shape index (κ3) is 4.92. The summed E-state index contributed by atoms with van der Waals surface area (Å²) < 4.78 is 4.98. The Balaban J connectivity index is 1.52. The number of nitrogens with two attached hydrogens (primary N) is 2. The minimum atomic E-state index is -0.735. The van der Waals surface area contributed by atoms with Crippen molar-refractivity contribution in [2.75, 3.05) is 25.0 Å². The van der Waals surface area contributed by atoms with Crippen LogP contribution in [0.5, 0.6) is 0 Å². The van der Waals surface area contributed by atoms with E-state index in [2.05, 4.69) is 10.6 Å². The minimum Gasteiger partial charge on any atom is -0.458 e. The van der Waals surface area contributed by atoms with Crippen molar-refractivity contribution in [2.45, 2.75) is 6.42 Å². The number of primary amides is 2. The van der Waals surface area contributed by atoms with Gasteiger partial charge in [-0.25, -0.2) is 4.79 Å². The van der Waals surface area contributed by atoms with E-state index in [9.17, 15) is 19.2 Å². The van der Waals surface area contributed by atoms with E-state index in [-0.39, 0.29) is 29.1 Å². The number of furan rings is 1. The Morgan fingerprint density at radius 1 is 1.14 bits per heavy atom. The summed E-state index contributed by atoms with van der Waals surface area (Å²) in [4.78, 5) is 48.5. The lowest BCUT2D eigenvalue weighted by Crippen LogP contribution is -2.33. The maximum absolute atomic E-state index is 12.5. The predicted molar refractivity (Wildman–Crippen MR) is 103 cm³/mol. The molecule has 0 bridgehead atoms. The zero-order valence-electron chi connectivity index (χ0n) is 15.5. The molecule has 3 rings (SSSR count). The molecule has 29 heavy (non-hydrogen) atoms. The molecule has 2 aromatic rings. The second-order valence-corrected chi connectivity index (χ2v) is 6.75. The van der Waals surface area contributed by atoms with Gasteiger partial charge in [0.2, 0.25) is 0 Å². The maximum atomic E-state index is 12.5. The number of urea groups is 1. The van der Waals surface area contributed by atoms with Crippen LogP contribution in [-0.2, 0) is 0 Å². The first-order chi connectivity index (χ1) is 13.8. The Hall–Kier alpha value is -3.82. The van der Waals surface area contributed by atoms with Gasteiger partial charge in [0.05, 0.1) is 5.56 Å². The number of amides is 5. The van der Waals surface area contributed by atoms with E-state index < -0.39 is 11.9 Å². The van der Waals surface area contributed by atoms with Crippen LogP contribution < -0.4 is 22.1 Å². The molecule has 0 spiro atoms. The number of nitrogens with zero attached hydrogens (tertiary/aromatic N) is 1. The van der Waals surface area contributed by atoms with Crippen molar-refractivity contribution in [3.05, 3.63) is 53.5 Å². The van der Waals surface area contributed by atoms with E-state index in [0.717, 1.165) is 6.42 Å². The van der Waals surface area contributed by atoms with Crippen LogP contribution in [0, 0.1) is 5.92 Å². The molecule has 10 heteroatoms. The third-order valence-corrected chi connectivity index (χ3v) is 4.61. The zero-order valence-corrected chi connectivity index (χ0v) is 15.5. The number of rotatable bonds is 6. The topological polar surface area (TPSA) is 161 Å². The molecule has 0 aliphatic carbocycles. The lowest BCUT2D eigenvalue weighted by Gasteiger charge is -2.16. The number of carbonyl (C=O) groups excluding carboxylic acids is 4. The second-order valence-electron chi connectivity index (χ2n) is 6.75. The van der Waals surface area contributed by atoms with Crippen molar-refractivity contribution in [1.29, 1.82) is 0 Å². The molecule has 0 unspecified atom stereocenters. The Morgan fingerprint density at radius 2 is 1.93 bits per heavy atom. The van der Waals surface area contributed by atoms with E-state index >= 15 is 0 Å². The highest BCUT2D eigenvalue weighted by molar-refractivity contribution is 5.98. The van der Waals surface area contributed by atoms with Crippen LogP contribution in [0.4, 0.5) is 10.5 Å². The van der Waals surface area contributed by atoms with Gasteiger partial charge in [0.1, 0.15) is 6.26 Å². The first kappa shape index (κ1) is 19.9. The molecule has 1 fully saturated rings. The van der Waals surface area contributed by atoms with Crippen molar-refractivity contribution < 1.29 is 23.6 Å². The van der Waals surface area contributed by atoms with E-state index in [1.807, 2.05) is 0 Å². The lowest BCUT2D eigenvalue weighted by atomic mass is 10.1. The highest BCUT2D eigenvalue weighted by Gasteiger charge is 2.28. The molecule has 2 heterocycles. The highest BCUT2D eigenvalue weighted by Crippen LogP contribution is 2.20. The van der Waals surface area contributed by atoms with Gasteiger partial charge in [-0.15, -0.1) is 0 Å². The third-order valence-electron chi connectivity index (χ3n) is 4.61. The van der Waals surface area contributed by atoms with Gasteiger partial charge in [0, 0.05) is 37.0 Å². The Kier molecular flexibility index (Phi) is 5.82. The molecule has 152 valence electrons. The molecule has 0 saturated carbocycles. The van der Waals surface area contributed by atoms with Crippen molar-refractivity contribution in [1.82, 2.24) is 10.2 Å². The van der Waals surface area contributed by atoms with Crippen LogP contribution in [0.3, 0.4) is 0 Å². The van der Waals surface area contributed by atoms with E-state index in [4.69, 9.17) is 15.9 Å². The molecule has 1 saturated heterocycles. The van der Waals surface area contributed by atoms with E-state index in [0.29, 0.717) is 30.9 Å². The maximum Gasteiger partial charge on any atom is 0.316 e. The van der Waals surface area contributed by atoms with Crippen LogP contribution >= 0.6 is 0 Å². The standard InChI is InChI=1S/C19H21N5O5/c20-16(25)15-7-13(10-29-15)18(27)24-5-4-11(9-24)8-22-17(26)12-2-1-3-14(6-12)23-19(21)28/h1-3,6-7,10-11H,4-5,8-9H2,(H2,20,25)(H,22,26)(H3,21,23,28)/t11-/m1/s1. The van der Waals surface area contributed by atoms with Gasteiger partial charge in [0.15, 0.2) is 5.76 Å². The van der Waals surface area contributed by atoms with Gasteiger partial charge in [-0.3, -0.25) is 14.4 Å². The predicted octanol–water partition coefficient (Wildman–Crippen LogP) is 0.761. The molecule has 1 aromatic carbocycles. The highest BCUT2D eigenvalue weighted by atomic mass is 16.3. The normalized spacial score (nSPS) is 15.7. The van der Waals surface area contributed by atoms with Crippen molar-refractivity contribution in [3.63, 3.8) is 0 Å². The summed E-state index contributed by atoms with van der Waals surface area (Å²) in [5.41, 5.74) is 11.3. The number of nitrogens with one attached hydrogen (secondary N) is 2. The molecule has 1 aromatic heterocycles. The first-order valence-corrected chi connectivity index (χ1v) is 8.96. The smallest absolute Gasteiger partial charge is 0.316 e. The van der Waals surface area contributed by atoms with Crippen LogP contribution in [0.15, 0.2) is 41.0 Å². The number of likely N-dealkylation sites (tertiary alicyclic amines) is 1. The van der Waals surface area contributed by atoms with E-state index in [1.165, 1.54) is 18.4 Å². The largest absolute Gasteiger partial charge is 0.458 e. The fourth-order valence-corrected chi connectivity index (χ4v) is 3.16. The first-order valence-electron chi connectivity index (χ1n) is 8.96. The molecule has 1 atom stereocenters. The van der Waals surface area contributed by atoms with Gasteiger partial charge in [-0.1, -0.05) is 6.07 Å². The fraction of sp³-hybridized carbons (Fsp3) is 0.263. The summed E-state index contributed by atoms with van der Waals surface area (Å²) in [7, 11) is 0. The summed E-state index contributed by atoms with van der Waals surface area (Å²) in [6, 6.07) is 7.04. The van der Waals surface area contributed by atoms with Gasteiger partial charge >= 0.3 is 6.03 Å². The summed E-state index contributed by atoms with van der Waals surface area (Å²) in [6.07, 6.45) is 1.94. The van der Waals surface area contributed by atoms with Crippen LogP contribution in [0.1, 0.15) is 37.7 Å². The van der Waals surface area contributed by atoms with Crippen LogP contribution in [-0.4, -0.2) is 48.3 Å². The Bertz CT molecular complexity index is 954. The van der Waals surface area contributed by atoms with Gasteiger partial charge in [-0.2, -0.15) is 0 Å². The molecule has 1 aliphatic rings. The number of carbonyl (C=O) groups is 4. The van der Waals surface area contributed by atoms with E-state index in [1.54, 1.807) is 23.1 Å². The average molecular weight is 399 g/mol. The zero-order chi connectivity index (χ0) is 21.0. The Labute approximate surface area is 166 Å². The van der Waals surface area contributed by atoms with Crippen molar-refractivity contribution in [3.8, 4) is 0 Å². The monoisotopic (exact) mass is 399 g/mol. The molecule has 1 aliphatic heterocycles. The summed E-state index contributed by atoms with van der Waals surface area (Å²) >= 11 is 0. The summed E-state index contributed by atoms with van der Waals surface area (Å²) in [5, 5.41) is 5.26. The molecule has 5 amide bonds. The second kappa shape index (κ2) is 8.46. The molecule has 6 N–H and O–H groups in total. The number of benzene rings is 1. The minimum absolute atomic E-state index is 0.0654. The lowest BCUT2D eigenvalue weighted by molar-refractivity contribution is 0.0786. The summed E-state index contributed by atoms with van der Waals surface area (Å²) in [6.45, 7) is 1.40. The number of anilines is 1. The quantitative estimate of drug-likeness (QED) is 0.563. The van der Waals surface area contributed by atoms with Crippen LogP contribution in [0.2, 0.25) is 0 Å². The Morgan fingerprint density at radius 3 is 2.62 bits per heavy atom. The number of hydrogen-bond donors (Lipinski definition) is 4. The van der Waals surface area contributed by atoms with Crippen LogP contribution in [0.25, 0.3) is 0 Å². The van der Waals surface area contributed by atoms with Gasteiger partial charge in [0.25, 0.3) is 17.7 Å². The fourth-order valence-electron chi connectivity index (χ4n) is 3.16. The molecular formula is C19H21N5O5. The molecular weight excluding hydrogens is 378 g/mol. The molecule has 0 radical (unpaired) electrons. The SMILES string of the molecule is NC(=O)Nc1cccc(C(=O)NC[C@H]2CCN(C(=O)c3coc(C(N)=O)c3)C2)c1. The number of hydrogen-bond acceptors (Lipinski definition) is 5. The van der Waals surface area contributed by atoms with Gasteiger partial charge in [-0.05, 0) is 30.5 Å².